The fourth-order valence-corrected chi connectivity index (χ4v) is 2.38. The maximum Gasteiger partial charge on any atom is 0.323 e. The number of nitrogens with one attached hydrogen (secondary N) is 2. The zero-order valence-corrected chi connectivity index (χ0v) is 15.3. The number of amides is 2. The lowest BCUT2D eigenvalue weighted by molar-refractivity contribution is 0.262. The number of carbonyl (C=O) groups is 1. The zero-order valence-electron chi connectivity index (χ0n) is 15.3. The second-order valence-electron chi connectivity index (χ2n) is 7.04. The summed E-state index contributed by atoms with van der Waals surface area (Å²) in [6.45, 7) is 10.5. The topological polar surface area (TPSA) is 50.4 Å². The number of hydrogen-bond donors (Lipinski definition) is 2. The van der Waals surface area contributed by atoms with Gasteiger partial charge in [-0.25, -0.2) is 4.79 Å². The third kappa shape index (κ3) is 4.28. The van der Waals surface area contributed by atoms with Crippen LogP contribution in [0, 0.1) is 13.8 Å². The summed E-state index contributed by atoms with van der Waals surface area (Å²) in [5.74, 6) is 0.637. The van der Waals surface area contributed by atoms with E-state index in [1.54, 1.807) is 7.11 Å². The van der Waals surface area contributed by atoms with Crippen molar-refractivity contribution in [2.24, 2.45) is 0 Å². The van der Waals surface area contributed by atoms with Crippen molar-refractivity contribution in [3.63, 3.8) is 0 Å². The van der Waals surface area contributed by atoms with Crippen LogP contribution in [-0.4, -0.2) is 13.1 Å². The summed E-state index contributed by atoms with van der Waals surface area (Å²) in [5, 5.41) is 5.74. The minimum absolute atomic E-state index is 0.00670. The Morgan fingerprint density at radius 2 is 1.67 bits per heavy atom. The largest absolute Gasteiger partial charge is 0.495 e. The molecule has 4 nitrogen and oxygen atoms in total. The summed E-state index contributed by atoms with van der Waals surface area (Å²) in [6, 6.07) is 11.4. The van der Waals surface area contributed by atoms with Crippen molar-refractivity contribution < 1.29 is 9.53 Å². The molecule has 2 rings (SSSR count). The Hall–Kier alpha value is -2.49. The monoisotopic (exact) mass is 326 g/mol. The molecule has 0 saturated carbocycles. The quantitative estimate of drug-likeness (QED) is 0.809. The van der Waals surface area contributed by atoms with Crippen LogP contribution in [0.5, 0.6) is 5.75 Å². The molecule has 0 aliphatic carbocycles. The van der Waals surface area contributed by atoms with E-state index >= 15 is 0 Å². The second-order valence-corrected chi connectivity index (χ2v) is 7.04. The van der Waals surface area contributed by atoms with Crippen LogP contribution in [-0.2, 0) is 5.41 Å². The summed E-state index contributed by atoms with van der Waals surface area (Å²) in [6.07, 6.45) is 0. The number of carbonyl (C=O) groups excluding carboxylic acids is 1. The average Bonchev–Trinajstić information content (AvgIpc) is 2.50. The fraction of sp³-hybridized carbons (Fsp3) is 0.350. The molecule has 0 spiro atoms. The molecule has 0 aromatic heterocycles. The first kappa shape index (κ1) is 17.9. The number of hydrogen-bond acceptors (Lipinski definition) is 2. The minimum Gasteiger partial charge on any atom is -0.495 e. The molecule has 0 fully saturated rings. The highest BCUT2D eigenvalue weighted by atomic mass is 16.5. The van der Waals surface area contributed by atoms with E-state index in [2.05, 4.69) is 31.4 Å². The van der Waals surface area contributed by atoms with Gasteiger partial charge in [-0.2, -0.15) is 0 Å². The molecule has 0 atom stereocenters. The molecule has 0 heterocycles. The van der Waals surface area contributed by atoms with Crippen molar-refractivity contribution in [1.29, 1.82) is 0 Å². The predicted octanol–water partition coefficient (Wildman–Crippen LogP) is 5.25. The Kier molecular flexibility index (Phi) is 5.17. The van der Waals surface area contributed by atoms with E-state index in [1.807, 2.05) is 50.2 Å². The number of rotatable bonds is 3. The molecule has 2 N–H and O–H groups in total. The summed E-state index contributed by atoms with van der Waals surface area (Å²) < 4.78 is 5.36. The van der Waals surface area contributed by atoms with E-state index in [0.29, 0.717) is 11.4 Å². The highest BCUT2D eigenvalue weighted by Gasteiger charge is 2.17. The third-order valence-corrected chi connectivity index (χ3v) is 4.08. The molecule has 4 heteroatoms. The highest BCUT2D eigenvalue weighted by molar-refractivity contribution is 6.00. The van der Waals surface area contributed by atoms with Crippen molar-refractivity contribution in [2.45, 2.75) is 40.0 Å². The van der Waals surface area contributed by atoms with Gasteiger partial charge in [-0.05, 0) is 60.2 Å². The van der Waals surface area contributed by atoms with Crippen molar-refractivity contribution in [3.8, 4) is 5.75 Å². The molecule has 0 bridgehead atoms. The van der Waals surface area contributed by atoms with Crippen LogP contribution in [0.2, 0.25) is 0 Å². The SMILES string of the molecule is COc1ccc(C(C)(C)C)cc1NC(=O)Nc1ccc(C)c(C)c1. The molecule has 0 aliphatic heterocycles. The van der Waals surface area contributed by atoms with Gasteiger partial charge in [0.2, 0.25) is 0 Å². The maximum atomic E-state index is 12.3. The molecule has 2 aromatic rings. The first-order valence-electron chi connectivity index (χ1n) is 8.04. The summed E-state index contributed by atoms with van der Waals surface area (Å²) in [4.78, 5) is 12.3. The lowest BCUT2D eigenvalue weighted by Gasteiger charge is -2.21. The number of benzene rings is 2. The molecule has 24 heavy (non-hydrogen) atoms. The molecular formula is C20H26N2O2. The lowest BCUT2D eigenvalue weighted by Crippen LogP contribution is -2.20. The number of ether oxygens (including phenoxy) is 1. The molecule has 2 amide bonds. The summed E-state index contributed by atoms with van der Waals surface area (Å²) >= 11 is 0. The lowest BCUT2D eigenvalue weighted by atomic mass is 9.87. The van der Waals surface area contributed by atoms with Crippen LogP contribution in [0.4, 0.5) is 16.2 Å². The van der Waals surface area contributed by atoms with Gasteiger partial charge < -0.3 is 15.4 Å². The Morgan fingerprint density at radius 1 is 0.958 bits per heavy atom. The minimum atomic E-state index is -0.289. The Labute approximate surface area is 144 Å². The Balaban J connectivity index is 2.19. The average molecular weight is 326 g/mol. The van der Waals surface area contributed by atoms with Gasteiger partial charge in [-0.15, -0.1) is 0 Å². The third-order valence-electron chi connectivity index (χ3n) is 4.08. The van der Waals surface area contributed by atoms with Gasteiger partial charge in [0.1, 0.15) is 5.75 Å². The van der Waals surface area contributed by atoms with Crippen molar-refractivity contribution in [2.75, 3.05) is 17.7 Å². The Morgan fingerprint density at radius 3 is 2.25 bits per heavy atom. The van der Waals surface area contributed by atoms with Crippen molar-refractivity contribution in [3.05, 3.63) is 53.1 Å². The van der Waals surface area contributed by atoms with Crippen LogP contribution >= 0.6 is 0 Å². The van der Waals surface area contributed by atoms with Gasteiger partial charge in [0.05, 0.1) is 12.8 Å². The van der Waals surface area contributed by atoms with Crippen LogP contribution in [0.15, 0.2) is 36.4 Å². The predicted molar refractivity (Wildman–Crippen MR) is 100 cm³/mol. The van der Waals surface area contributed by atoms with Gasteiger partial charge >= 0.3 is 6.03 Å². The van der Waals surface area contributed by atoms with Gasteiger partial charge in [-0.3, -0.25) is 0 Å². The van der Waals surface area contributed by atoms with Crippen molar-refractivity contribution in [1.82, 2.24) is 0 Å². The molecule has 0 unspecified atom stereocenters. The van der Waals surface area contributed by atoms with Crippen LogP contribution < -0.4 is 15.4 Å². The first-order valence-corrected chi connectivity index (χ1v) is 8.04. The highest BCUT2D eigenvalue weighted by Crippen LogP contribution is 2.31. The second kappa shape index (κ2) is 6.95. The molecule has 0 radical (unpaired) electrons. The number of aryl methyl sites for hydroxylation is 2. The molecule has 128 valence electrons. The molecule has 0 saturated heterocycles. The zero-order chi connectivity index (χ0) is 17.9. The van der Waals surface area contributed by atoms with Gasteiger partial charge in [0, 0.05) is 5.69 Å². The first-order chi connectivity index (χ1) is 11.2. The van der Waals surface area contributed by atoms with E-state index in [0.717, 1.165) is 16.8 Å². The van der Waals surface area contributed by atoms with Gasteiger partial charge in [-0.1, -0.05) is 32.9 Å². The van der Waals surface area contributed by atoms with Crippen LogP contribution in [0.25, 0.3) is 0 Å². The van der Waals surface area contributed by atoms with E-state index in [-0.39, 0.29) is 11.4 Å². The van der Waals surface area contributed by atoms with Gasteiger partial charge in [0.15, 0.2) is 0 Å². The number of anilines is 2. The normalized spacial score (nSPS) is 11.1. The van der Waals surface area contributed by atoms with E-state index in [9.17, 15) is 4.79 Å². The van der Waals surface area contributed by atoms with E-state index < -0.39 is 0 Å². The van der Waals surface area contributed by atoms with Crippen LogP contribution in [0.3, 0.4) is 0 Å². The van der Waals surface area contributed by atoms with Crippen molar-refractivity contribution >= 4 is 17.4 Å². The number of urea groups is 1. The molecule has 2 aromatic carbocycles. The smallest absolute Gasteiger partial charge is 0.323 e. The Bertz CT molecular complexity index is 746. The molecule has 0 aliphatic rings. The van der Waals surface area contributed by atoms with Crippen LogP contribution in [0.1, 0.15) is 37.5 Å². The standard InChI is InChI=1S/C20H26N2O2/c1-13-7-9-16(11-14(13)2)21-19(23)22-17-12-15(20(3,4)5)8-10-18(17)24-6/h7-12H,1-6H3,(H2,21,22,23). The number of methoxy groups -OCH3 is 1. The van der Waals surface area contributed by atoms with Gasteiger partial charge in [0.25, 0.3) is 0 Å². The van der Waals surface area contributed by atoms with E-state index in [4.69, 9.17) is 4.74 Å². The summed E-state index contributed by atoms with van der Waals surface area (Å²) in [7, 11) is 1.60. The van der Waals surface area contributed by atoms with E-state index in [1.165, 1.54) is 5.56 Å². The fourth-order valence-electron chi connectivity index (χ4n) is 2.38. The molecular weight excluding hydrogens is 300 g/mol. The summed E-state index contributed by atoms with van der Waals surface area (Å²) in [5.41, 5.74) is 4.88. The maximum absolute atomic E-state index is 12.3.